The molecule has 2 aliphatic carbocycles. The predicted molar refractivity (Wildman–Crippen MR) is 48.3 cm³/mol. The minimum Gasteiger partial charge on any atom is -0.402 e. The first-order chi connectivity index (χ1) is 5.39. The Morgan fingerprint density at radius 1 is 0.833 bits per heavy atom. The van der Waals surface area contributed by atoms with E-state index in [1.54, 1.807) is 0 Å². The van der Waals surface area contributed by atoms with E-state index < -0.39 is 0 Å². The molecule has 2 radical (unpaired) electrons. The van der Waals surface area contributed by atoms with Gasteiger partial charge in [-0.25, -0.2) is 0 Å². The van der Waals surface area contributed by atoms with Crippen molar-refractivity contribution in [1.82, 2.24) is 0 Å². The quantitative estimate of drug-likeness (QED) is 0.595. The van der Waals surface area contributed by atoms with Crippen LogP contribution in [0, 0.1) is 12.8 Å². The summed E-state index contributed by atoms with van der Waals surface area (Å²) in [7, 11) is 0. The van der Waals surface area contributed by atoms with Crippen LogP contribution in [0.1, 0.15) is 0 Å². The average Bonchev–Trinajstić information content (AvgIpc) is 2.57. The van der Waals surface area contributed by atoms with Gasteiger partial charge in [-0.3, -0.25) is 0 Å². The molecule has 12 heavy (non-hydrogen) atoms. The molecule has 64 valence electrons. The van der Waals surface area contributed by atoms with E-state index in [4.69, 9.17) is 5.73 Å². The summed E-state index contributed by atoms with van der Waals surface area (Å²) in [6.45, 7) is 0. The van der Waals surface area contributed by atoms with E-state index in [-0.39, 0.29) is 17.1 Å². The Labute approximate surface area is 84.2 Å². The van der Waals surface area contributed by atoms with E-state index >= 15 is 0 Å². The van der Waals surface area contributed by atoms with E-state index in [0.717, 1.165) is 5.70 Å². The van der Waals surface area contributed by atoms with Gasteiger partial charge in [-0.05, 0) is 6.08 Å². The third-order valence-corrected chi connectivity index (χ3v) is 1.24. The van der Waals surface area contributed by atoms with Gasteiger partial charge in [0.25, 0.3) is 0 Å². The Bertz CT molecular complexity index is 214. The van der Waals surface area contributed by atoms with Crippen molar-refractivity contribution in [2.75, 3.05) is 0 Å². The van der Waals surface area contributed by atoms with E-state index in [1.807, 2.05) is 55.4 Å². The van der Waals surface area contributed by atoms with Gasteiger partial charge in [-0.2, -0.15) is 0 Å². The van der Waals surface area contributed by atoms with Gasteiger partial charge in [0, 0.05) is 35.6 Å². The van der Waals surface area contributed by atoms with Gasteiger partial charge in [-0.15, -0.1) is 0 Å². The van der Waals surface area contributed by atoms with E-state index in [9.17, 15) is 0 Å². The first kappa shape index (κ1) is 11.3. The number of allylic oxidation sites excluding steroid dienone is 7. The maximum Gasteiger partial charge on any atom is 0.0285 e. The normalized spacial score (nSPS) is 16.5. The molecule has 1 nitrogen and oxygen atoms in total. The van der Waals surface area contributed by atoms with Crippen LogP contribution in [0.2, 0.25) is 0 Å². The molecule has 0 unspecified atom stereocenters. The first-order valence-corrected chi connectivity index (χ1v) is 3.53. The van der Waals surface area contributed by atoms with Crippen molar-refractivity contribution in [2.45, 2.75) is 0 Å². The summed E-state index contributed by atoms with van der Waals surface area (Å²) in [4.78, 5) is 0. The fourth-order valence-electron chi connectivity index (χ4n) is 0.710. The van der Waals surface area contributed by atoms with E-state index in [0.29, 0.717) is 0 Å². The molecule has 2 aliphatic rings. The molecule has 2 rings (SSSR count). The van der Waals surface area contributed by atoms with Crippen LogP contribution in [-0.4, -0.2) is 0 Å². The van der Waals surface area contributed by atoms with Crippen LogP contribution in [0.4, 0.5) is 0 Å². The Morgan fingerprint density at radius 3 is 1.67 bits per heavy atom. The second-order valence-electron chi connectivity index (χ2n) is 2.18. The van der Waals surface area contributed by atoms with Crippen molar-refractivity contribution in [1.29, 1.82) is 0 Å². The maximum atomic E-state index is 5.28. The Morgan fingerprint density at radius 2 is 1.50 bits per heavy atom. The second-order valence-corrected chi connectivity index (χ2v) is 2.18. The number of nitrogens with two attached hydrogens (primary N) is 1. The van der Waals surface area contributed by atoms with Gasteiger partial charge in [0.2, 0.25) is 0 Å². The van der Waals surface area contributed by atoms with Crippen LogP contribution in [0.25, 0.3) is 0 Å². The van der Waals surface area contributed by atoms with Crippen LogP contribution in [-0.2, 0) is 17.1 Å². The summed E-state index contributed by atoms with van der Waals surface area (Å²) in [5, 5.41) is 0. The van der Waals surface area contributed by atoms with Gasteiger partial charge >= 0.3 is 0 Å². The Balaban J connectivity index is 0.000000189. The van der Waals surface area contributed by atoms with Crippen molar-refractivity contribution in [3.8, 4) is 0 Å². The number of hydrogen-bond acceptors (Lipinski definition) is 1. The molecule has 2 N–H and O–H groups in total. The SMILES string of the molecule is NC1=CC=C[CH]1.[CH]1C=CC=C1.[Fe]. The van der Waals surface area contributed by atoms with Gasteiger partial charge in [-0.1, -0.05) is 36.5 Å². The zero-order valence-electron chi connectivity index (χ0n) is 6.63. The standard InChI is InChI=1S/C5H6N.C5H5.Fe/c6-5-3-1-2-4-5;1-2-4-5-3-1;/h1-4H,6H2;1-5H;. The molecule has 0 saturated heterocycles. The minimum atomic E-state index is 0. The number of rotatable bonds is 0. The van der Waals surface area contributed by atoms with Gasteiger partial charge in [0.1, 0.15) is 0 Å². The smallest absolute Gasteiger partial charge is 0.0285 e. The van der Waals surface area contributed by atoms with Gasteiger partial charge in [0.15, 0.2) is 0 Å². The molecular weight excluding hydrogens is 190 g/mol. The molecule has 0 aromatic carbocycles. The van der Waals surface area contributed by atoms with Crippen molar-refractivity contribution in [3.05, 3.63) is 61.1 Å². The topological polar surface area (TPSA) is 26.0 Å². The number of hydrogen-bond donors (Lipinski definition) is 1. The Kier molecular flexibility index (Phi) is 6.54. The van der Waals surface area contributed by atoms with E-state index in [1.165, 1.54) is 0 Å². The minimum absolute atomic E-state index is 0. The molecule has 0 aromatic heterocycles. The molecule has 0 atom stereocenters. The summed E-state index contributed by atoms with van der Waals surface area (Å²) >= 11 is 0. The molecular formula is C10H11FeN. The summed E-state index contributed by atoms with van der Waals surface area (Å²) in [6.07, 6.45) is 17.5. The summed E-state index contributed by atoms with van der Waals surface area (Å²) in [6, 6.07) is 0. The van der Waals surface area contributed by atoms with Crippen molar-refractivity contribution in [3.63, 3.8) is 0 Å². The fourth-order valence-corrected chi connectivity index (χ4v) is 0.710. The van der Waals surface area contributed by atoms with Crippen LogP contribution in [0.5, 0.6) is 0 Å². The molecule has 0 saturated carbocycles. The zero-order valence-corrected chi connectivity index (χ0v) is 7.73. The molecule has 0 aliphatic heterocycles. The fraction of sp³-hybridized carbons (Fsp3) is 0. The molecule has 0 amide bonds. The largest absolute Gasteiger partial charge is 0.402 e. The van der Waals surface area contributed by atoms with Crippen molar-refractivity contribution >= 4 is 0 Å². The third-order valence-electron chi connectivity index (χ3n) is 1.24. The molecule has 0 fully saturated rings. The average molecular weight is 201 g/mol. The Hall–Kier alpha value is -0.721. The monoisotopic (exact) mass is 201 g/mol. The predicted octanol–water partition coefficient (Wildman–Crippen LogP) is 1.92. The van der Waals surface area contributed by atoms with Crippen LogP contribution in [0.15, 0.2) is 48.2 Å². The van der Waals surface area contributed by atoms with Crippen LogP contribution < -0.4 is 5.73 Å². The molecule has 0 heterocycles. The molecule has 2 heteroatoms. The van der Waals surface area contributed by atoms with Crippen LogP contribution >= 0.6 is 0 Å². The van der Waals surface area contributed by atoms with Gasteiger partial charge < -0.3 is 5.73 Å². The molecule has 0 aromatic rings. The third kappa shape index (κ3) is 5.00. The van der Waals surface area contributed by atoms with E-state index in [2.05, 4.69) is 0 Å². The zero-order chi connectivity index (χ0) is 7.94. The molecule has 0 spiro atoms. The first-order valence-electron chi connectivity index (χ1n) is 3.53. The van der Waals surface area contributed by atoms with Gasteiger partial charge in [0.05, 0.1) is 0 Å². The summed E-state index contributed by atoms with van der Waals surface area (Å²) in [5.41, 5.74) is 6.12. The maximum absolute atomic E-state index is 5.28. The van der Waals surface area contributed by atoms with Crippen LogP contribution in [0.3, 0.4) is 0 Å². The molecule has 0 bridgehead atoms. The van der Waals surface area contributed by atoms with Crippen molar-refractivity contribution < 1.29 is 17.1 Å². The summed E-state index contributed by atoms with van der Waals surface area (Å²) < 4.78 is 0. The summed E-state index contributed by atoms with van der Waals surface area (Å²) in [5.74, 6) is 0. The second kappa shape index (κ2) is 6.96. The van der Waals surface area contributed by atoms with Crippen molar-refractivity contribution in [2.24, 2.45) is 5.73 Å².